The van der Waals surface area contributed by atoms with E-state index >= 15 is 0 Å². The van der Waals surface area contributed by atoms with Gasteiger partial charge in [0.15, 0.2) is 5.82 Å². The molecule has 0 saturated heterocycles. The van der Waals surface area contributed by atoms with Crippen molar-refractivity contribution in [3.05, 3.63) is 64.0 Å². The lowest BCUT2D eigenvalue weighted by atomic mass is 10.1. The highest BCUT2D eigenvalue weighted by atomic mass is 32.2. The van der Waals surface area contributed by atoms with Crippen LogP contribution in [0.4, 0.5) is 21.5 Å². The number of hydrogen-bond donors (Lipinski definition) is 1. The number of nitrogens with zero attached hydrogens (tertiary/aromatic N) is 1. The van der Waals surface area contributed by atoms with Crippen LogP contribution in [0.2, 0.25) is 0 Å². The van der Waals surface area contributed by atoms with Gasteiger partial charge in [0.25, 0.3) is 5.69 Å². The van der Waals surface area contributed by atoms with Crippen molar-refractivity contribution in [3.63, 3.8) is 0 Å². The van der Waals surface area contributed by atoms with Crippen molar-refractivity contribution < 1.29 is 17.7 Å². The van der Waals surface area contributed by atoms with Crippen LogP contribution in [0.5, 0.6) is 0 Å². The molecule has 23 heavy (non-hydrogen) atoms. The molecule has 1 N–H and O–H groups in total. The van der Waals surface area contributed by atoms with E-state index in [0.717, 1.165) is 11.6 Å². The Balaban J connectivity index is 2.08. The molecule has 2 rings (SSSR count). The molecular weight excluding hydrogens is 323 g/mol. The Kier molecular flexibility index (Phi) is 4.95. The van der Waals surface area contributed by atoms with Crippen molar-refractivity contribution in [2.24, 2.45) is 0 Å². The fraction of sp³-hybridized carbons (Fsp3) is 0.200. The van der Waals surface area contributed by atoms with Crippen molar-refractivity contribution >= 4 is 26.9 Å². The van der Waals surface area contributed by atoms with Crippen molar-refractivity contribution in [1.82, 2.24) is 0 Å². The van der Waals surface area contributed by atoms with Gasteiger partial charge in [-0.2, -0.15) is 0 Å². The lowest BCUT2D eigenvalue weighted by Gasteiger charge is -2.08. The molecule has 6 nitrogen and oxygen atoms in total. The first-order chi connectivity index (χ1) is 10.7. The molecule has 0 aliphatic heterocycles. The van der Waals surface area contributed by atoms with Gasteiger partial charge in [0, 0.05) is 18.0 Å². The van der Waals surface area contributed by atoms with E-state index in [2.05, 4.69) is 5.32 Å². The van der Waals surface area contributed by atoms with Crippen molar-refractivity contribution in [2.45, 2.75) is 6.42 Å². The molecule has 0 unspecified atom stereocenters. The summed E-state index contributed by atoms with van der Waals surface area (Å²) in [5, 5.41) is 13.4. The third kappa shape index (κ3) is 5.03. The third-order valence-corrected chi connectivity index (χ3v) is 4.10. The van der Waals surface area contributed by atoms with E-state index in [9.17, 15) is 22.9 Å². The molecule has 0 heterocycles. The van der Waals surface area contributed by atoms with Crippen molar-refractivity contribution in [3.8, 4) is 0 Å². The molecule has 0 aromatic heterocycles. The number of non-ortho nitro benzene ring substituents is 1. The Morgan fingerprint density at radius 3 is 2.35 bits per heavy atom. The van der Waals surface area contributed by atoms with Gasteiger partial charge in [-0.25, -0.2) is 12.8 Å². The van der Waals surface area contributed by atoms with Gasteiger partial charge in [0.05, 0.1) is 22.4 Å². The number of anilines is 2. The van der Waals surface area contributed by atoms with Gasteiger partial charge in [0.2, 0.25) is 0 Å². The summed E-state index contributed by atoms with van der Waals surface area (Å²) in [6.07, 6.45) is 1.59. The third-order valence-electron chi connectivity index (χ3n) is 3.16. The standard InChI is InChI=1S/C15H15FN2O4S/c1-23(21,22)9-8-11-2-4-12(5-3-11)17-15-7-6-13(18(19)20)10-14(15)16/h2-7,10,17H,8-9H2,1H3. The Bertz CT molecular complexity index is 820. The lowest BCUT2D eigenvalue weighted by Crippen LogP contribution is -2.05. The topological polar surface area (TPSA) is 89.3 Å². The maximum absolute atomic E-state index is 13.8. The minimum Gasteiger partial charge on any atom is -0.353 e. The zero-order valence-electron chi connectivity index (χ0n) is 12.3. The minimum absolute atomic E-state index is 0.0662. The summed E-state index contributed by atoms with van der Waals surface area (Å²) >= 11 is 0. The molecule has 0 bridgehead atoms. The fourth-order valence-corrected chi connectivity index (χ4v) is 2.54. The second kappa shape index (κ2) is 6.74. The summed E-state index contributed by atoms with van der Waals surface area (Å²) in [4.78, 5) is 9.90. The average Bonchev–Trinajstić information content (AvgIpc) is 2.47. The highest BCUT2D eigenvalue weighted by Gasteiger charge is 2.11. The van der Waals surface area contributed by atoms with E-state index in [1.165, 1.54) is 18.4 Å². The molecular formula is C15H15FN2O4S. The number of hydrogen-bond acceptors (Lipinski definition) is 5. The van der Waals surface area contributed by atoms with Gasteiger partial charge in [-0.15, -0.1) is 0 Å². The molecule has 0 saturated carbocycles. The van der Waals surface area contributed by atoms with Gasteiger partial charge in [0.1, 0.15) is 9.84 Å². The largest absolute Gasteiger partial charge is 0.353 e. The molecule has 0 radical (unpaired) electrons. The van der Waals surface area contributed by atoms with E-state index in [1.807, 2.05) is 0 Å². The summed E-state index contributed by atoms with van der Waals surface area (Å²) in [6.45, 7) is 0. The molecule has 8 heteroatoms. The van der Waals surface area contributed by atoms with Crippen LogP contribution in [-0.2, 0) is 16.3 Å². The average molecular weight is 338 g/mol. The van der Waals surface area contributed by atoms with Gasteiger partial charge in [-0.3, -0.25) is 10.1 Å². The molecule has 0 amide bonds. The van der Waals surface area contributed by atoms with E-state index in [0.29, 0.717) is 12.1 Å². The van der Waals surface area contributed by atoms with Crippen LogP contribution in [0.25, 0.3) is 0 Å². The quantitative estimate of drug-likeness (QED) is 0.646. The number of nitro groups is 1. The minimum atomic E-state index is -3.02. The highest BCUT2D eigenvalue weighted by Crippen LogP contribution is 2.24. The molecule has 2 aromatic carbocycles. The van der Waals surface area contributed by atoms with Gasteiger partial charge in [-0.1, -0.05) is 12.1 Å². The summed E-state index contributed by atoms with van der Waals surface area (Å²) in [6, 6.07) is 10.2. The fourth-order valence-electron chi connectivity index (χ4n) is 1.93. The Morgan fingerprint density at radius 1 is 1.17 bits per heavy atom. The number of halogens is 1. The number of nitro benzene ring substituents is 1. The van der Waals surface area contributed by atoms with E-state index < -0.39 is 20.6 Å². The van der Waals surface area contributed by atoms with E-state index in [-0.39, 0.29) is 17.1 Å². The molecule has 0 aliphatic rings. The predicted molar refractivity (Wildman–Crippen MR) is 86.2 cm³/mol. The number of aryl methyl sites for hydroxylation is 1. The Labute approximate surface area is 133 Å². The smallest absolute Gasteiger partial charge is 0.272 e. The van der Waals surface area contributed by atoms with Crippen molar-refractivity contribution in [1.29, 1.82) is 0 Å². The monoisotopic (exact) mass is 338 g/mol. The van der Waals surface area contributed by atoms with Crippen LogP contribution < -0.4 is 5.32 Å². The van der Waals surface area contributed by atoms with Gasteiger partial charge in [-0.05, 0) is 30.2 Å². The van der Waals surface area contributed by atoms with Gasteiger partial charge < -0.3 is 5.32 Å². The zero-order chi connectivity index (χ0) is 17.0. The molecule has 0 fully saturated rings. The number of benzene rings is 2. The SMILES string of the molecule is CS(=O)(=O)CCc1ccc(Nc2ccc([N+](=O)[O-])cc2F)cc1. The van der Waals surface area contributed by atoms with Crippen LogP contribution in [0.1, 0.15) is 5.56 Å². The zero-order valence-corrected chi connectivity index (χ0v) is 13.1. The summed E-state index contributed by atoms with van der Waals surface area (Å²) in [5.41, 5.74) is 1.26. The molecule has 122 valence electrons. The maximum atomic E-state index is 13.8. The van der Waals surface area contributed by atoms with Crippen LogP contribution in [0.15, 0.2) is 42.5 Å². The Hall–Kier alpha value is -2.48. The number of sulfone groups is 1. The first-order valence-corrected chi connectivity index (χ1v) is 8.78. The normalized spacial score (nSPS) is 11.2. The van der Waals surface area contributed by atoms with Gasteiger partial charge >= 0.3 is 0 Å². The molecule has 0 spiro atoms. The van der Waals surface area contributed by atoms with E-state index in [4.69, 9.17) is 0 Å². The highest BCUT2D eigenvalue weighted by molar-refractivity contribution is 7.90. The predicted octanol–water partition coefficient (Wildman–Crippen LogP) is 3.06. The Morgan fingerprint density at radius 2 is 1.83 bits per heavy atom. The second-order valence-electron chi connectivity index (χ2n) is 5.12. The molecule has 0 aliphatic carbocycles. The molecule has 0 atom stereocenters. The second-order valence-corrected chi connectivity index (χ2v) is 7.38. The van der Waals surface area contributed by atoms with Crippen molar-refractivity contribution in [2.75, 3.05) is 17.3 Å². The van der Waals surface area contributed by atoms with Crippen LogP contribution in [-0.4, -0.2) is 25.3 Å². The number of rotatable bonds is 6. The van der Waals surface area contributed by atoms with Crippen LogP contribution in [0.3, 0.4) is 0 Å². The summed E-state index contributed by atoms with van der Waals surface area (Å²) < 4.78 is 36.0. The molecule has 2 aromatic rings. The van der Waals surface area contributed by atoms with Crippen LogP contribution in [0, 0.1) is 15.9 Å². The summed E-state index contributed by atoms with van der Waals surface area (Å²) in [7, 11) is -3.02. The first-order valence-electron chi connectivity index (χ1n) is 6.72. The maximum Gasteiger partial charge on any atom is 0.272 e. The van der Waals surface area contributed by atoms with Crippen LogP contribution >= 0.6 is 0 Å². The lowest BCUT2D eigenvalue weighted by molar-refractivity contribution is -0.385. The number of nitrogens with one attached hydrogen (secondary N) is 1. The van der Waals surface area contributed by atoms with E-state index in [1.54, 1.807) is 24.3 Å². The summed E-state index contributed by atoms with van der Waals surface area (Å²) in [5.74, 6) is -0.656. The first kappa shape index (κ1) is 16.9.